The second-order valence-electron chi connectivity index (χ2n) is 3.89. The van der Waals surface area contributed by atoms with Gasteiger partial charge in [0, 0.05) is 12.4 Å². The van der Waals surface area contributed by atoms with Crippen LogP contribution in [0.4, 0.5) is 0 Å². The van der Waals surface area contributed by atoms with Gasteiger partial charge in [-0.25, -0.2) is 14.8 Å². The number of esters is 1. The summed E-state index contributed by atoms with van der Waals surface area (Å²) in [6, 6.07) is 2.93. The van der Waals surface area contributed by atoms with E-state index in [2.05, 4.69) is 19.8 Å². The Labute approximate surface area is 119 Å². The third kappa shape index (κ3) is 2.60. The van der Waals surface area contributed by atoms with Gasteiger partial charge in [0.15, 0.2) is 5.69 Å². The summed E-state index contributed by atoms with van der Waals surface area (Å²) in [5.41, 5.74) is 1.09. The third-order valence-electron chi connectivity index (χ3n) is 2.68. The Morgan fingerprint density at radius 3 is 2.95 bits per heavy atom. The minimum Gasteiger partial charge on any atom is -0.467 e. The largest absolute Gasteiger partial charge is 0.467 e. The normalized spacial score (nSPS) is 11.7. The number of aromatic nitrogens is 4. The van der Waals surface area contributed by atoms with Crippen molar-refractivity contribution in [3.63, 3.8) is 0 Å². The topological polar surface area (TPSA) is 93.7 Å². The van der Waals surface area contributed by atoms with Crippen LogP contribution in [0.25, 0.3) is 11.3 Å². The van der Waals surface area contributed by atoms with Crippen LogP contribution < -0.4 is 0 Å². The van der Waals surface area contributed by atoms with Crippen LogP contribution in [0.2, 0.25) is 5.28 Å². The van der Waals surface area contributed by atoms with Crippen LogP contribution in [0.5, 0.6) is 0 Å². The molecule has 2 aromatic rings. The molecule has 2 rings (SSSR count). The Bertz CT molecular complexity index is 691. The first-order valence-electron chi connectivity index (χ1n) is 5.62. The molecule has 0 aliphatic heterocycles. The number of halogens is 1. The Hall–Kier alpha value is -2.46. The van der Waals surface area contributed by atoms with Crippen molar-refractivity contribution in [1.82, 2.24) is 19.7 Å². The van der Waals surface area contributed by atoms with Crippen molar-refractivity contribution in [2.45, 2.75) is 13.0 Å². The Morgan fingerprint density at radius 1 is 1.60 bits per heavy atom. The number of nitrogens with zero attached hydrogens (tertiary/aromatic N) is 5. The number of ether oxygens (including phenoxy) is 1. The average molecular weight is 292 g/mol. The van der Waals surface area contributed by atoms with E-state index in [-0.39, 0.29) is 11.0 Å². The summed E-state index contributed by atoms with van der Waals surface area (Å²) in [5.74, 6) is -0.454. The summed E-state index contributed by atoms with van der Waals surface area (Å²) in [5, 5.41) is 13.2. The lowest BCUT2D eigenvalue weighted by Crippen LogP contribution is -2.18. The lowest BCUT2D eigenvalue weighted by Gasteiger charge is -2.08. The molecule has 0 bridgehead atoms. The first-order chi connectivity index (χ1) is 9.56. The van der Waals surface area contributed by atoms with E-state index in [0.717, 1.165) is 0 Å². The molecule has 0 saturated heterocycles. The fourth-order valence-corrected chi connectivity index (χ4v) is 1.77. The predicted octanol–water partition coefficient (Wildman–Crippen LogP) is 1.60. The second-order valence-corrected chi connectivity index (χ2v) is 4.23. The van der Waals surface area contributed by atoms with E-state index in [4.69, 9.17) is 16.9 Å². The molecule has 1 atom stereocenters. The SMILES string of the molecule is COC(=O)C(C)n1cc(-c2ccnc(Cl)n2)c(C#N)n1. The zero-order chi connectivity index (χ0) is 14.7. The van der Waals surface area contributed by atoms with Gasteiger partial charge in [0.05, 0.1) is 18.4 Å². The van der Waals surface area contributed by atoms with Gasteiger partial charge in [-0.2, -0.15) is 10.4 Å². The Balaban J connectivity index is 2.48. The van der Waals surface area contributed by atoms with E-state index >= 15 is 0 Å². The van der Waals surface area contributed by atoms with Crippen LogP contribution >= 0.6 is 11.6 Å². The predicted molar refractivity (Wildman–Crippen MR) is 69.7 cm³/mol. The second kappa shape index (κ2) is 5.67. The molecule has 20 heavy (non-hydrogen) atoms. The highest BCUT2D eigenvalue weighted by Gasteiger charge is 2.20. The van der Waals surface area contributed by atoms with Crippen LogP contribution in [0.3, 0.4) is 0 Å². The standard InChI is InChI=1S/C12H10ClN5O2/c1-7(11(19)20-2)18-6-8(10(5-14)17-18)9-3-4-15-12(13)16-9/h3-4,6-7H,1-2H3. The maximum absolute atomic E-state index is 11.5. The first-order valence-corrected chi connectivity index (χ1v) is 6.00. The molecule has 0 radical (unpaired) electrons. The average Bonchev–Trinajstić information content (AvgIpc) is 2.89. The number of rotatable bonds is 3. The lowest BCUT2D eigenvalue weighted by atomic mass is 10.2. The van der Waals surface area contributed by atoms with Gasteiger partial charge in [-0.05, 0) is 24.6 Å². The first kappa shape index (κ1) is 14.0. The molecule has 0 aliphatic rings. The van der Waals surface area contributed by atoms with Crippen molar-refractivity contribution in [1.29, 1.82) is 5.26 Å². The molecule has 0 amide bonds. The molecule has 7 nitrogen and oxygen atoms in total. The molecule has 0 N–H and O–H groups in total. The van der Waals surface area contributed by atoms with Crippen molar-refractivity contribution in [3.05, 3.63) is 29.4 Å². The number of hydrogen-bond donors (Lipinski definition) is 0. The van der Waals surface area contributed by atoms with Gasteiger partial charge >= 0.3 is 5.97 Å². The van der Waals surface area contributed by atoms with E-state index in [1.165, 1.54) is 18.0 Å². The van der Waals surface area contributed by atoms with E-state index in [1.54, 1.807) is 19.2 Å². The van der Waals surface area contributed by atoms with Gasteiger partial charge < -0.3 is 4.74 Å². The molecule has 2 heterocycles. The summed E-state index contributed by atoms with van der Waals surface area (Å²) in [6.45, 7) is 1.62. The number of methoxy groups -OCH3 is 1. The zero-order valence-electron chi connectivity index (χ0n) is 10.7. The molecular weight excluding hydrogens is 282 g/mol. The monoisotopic (exact) mass is 291 g/mol. The Kier molecular flexibility index (Phi) is 3.96. The van der Waals surface area contributed by atoms with Gasteiger partial charge in [0.1, 0.15) is 12.1 Å². The smallest absolute Gasteiger partial charge is 0.330 e. The zero-order valence-corrected chi connectivity index (χ0v) is 11.5. The highest BCUT2D eigenvalue weighted by atomic mass is 35.5. The molecule has 0 aliphatic carbocycles. The minimum absolute atomic E-state index is 0.0696. The van der Waals surface area contributed by atoms with Gasteiger partial charge in [-0.1, -0.05) is 0 Å². The highest BCUT2D eigenvalue weighted by Crippen LogP contribution is 2.23. The highest BCUT2D eigenvalue weighted by molar-refractivity contribution is 6.28. The molecule has 0 saturated carbocycles. The molecule has 0 spiro atoms. The van der Waals surface area contributed by atoms with Crippen molar-refractivity contribution < 1.29 is 9.53 Å². The van der Waals surface area contributed by atoms with Crippen molar-refractivity contribution in [2.75, 3.05) is 7.11 Å². The minimum atomic E-state index is -0.641. The molecule has 0 fully saturated rings. The molecule has 2 aromatic heterocycles. The van der Waals surface area contributed by atoms with Gasteiger partial charge in [-0.3, -0.25) is 4.68 Å². The van der Waals surface area contributed by atoms with Gasteiger partial charge in [-0.15, -0.1) is 0 Å². The van der Waals surface area contributed by atoms with Gasteiger partial charge in [0.25, 0.3) is 0 Å². The maximum Gasteiger partial charge on any atom is 0.330 e. The molecule has 0 aromatic carbocycles. The summed E-state index contributed by atoms with van der Waals surface area (Å²) < 4.78 is 6.00. The van der Waals surface area contributed by atoms with E-state index < -0.39 is 12.0 Å². The van der Waals surface area contributed by atoms with Crippen LogP contribution in [-0.2, 0) is 9.53 Å². The number of carbonyl (C=O) groups is 1. The van der Waals surface area contributed by atoms with Crippen LogP contribution in [0, 0.1) is 11.3 Å². The van der Waals surface area contributed by atoms with Crippen LogP contribution in [0.1, 0.15) is 18.7 Å². The number of hydrogen-bond acceptors (Lipinski definition) is 6. The summed E-state index contributed by atoms with van der Waals surface area (Å²) in [6.07, 6.45) is 3.03. The maximum atomic E-state index is 11.5. The Morgan fingerprint density at radius 2 is 2.35 bits per heavy atom. The fourth-order valence-electron chi connectivity index (χ4n) is 1.62. The molecule has 1 unspecified atom stereocenters. The van der Waals surface area contributed by atoms with Crippen molar-refractivity contribution in [2.24, 2.45) is 0 Å². The number of carbonyl (C=O) groups excluding carboxylic acids is 1. The van der Waals surface area contributed by atoms with Crippen LogP contribution in [0.15, 0.2) is 18.5 Å². The molecule has 8 heteroatoms. The molecule has 102 valence electrons. The van der Waals surface area contributed by atoms with E-state index in [9.17, 15) is 4.79 Å². The number of nitriles is 1. The third-order valence-corrected chi connectivity index (χ3v) is 2.86. The van der Waals surface area contributed by atoms with Crippen molar-refractivity contribution in [3.8, 4) is 17.3 Å². The van der Waals surface area contributed by atoms with Crippen LogP contribution in [-0.4, -0.2) is 32.8 Å². The van der Waals surface area contributed by atoms with E-state index in [0.29, 0.717) is 11.3 Å². The summed E-state index contributed by atoms with van der Waals surface area (Å²) in [7, 11) is 1.29. The fraction of sp³-hybridized carbons (Fsp3) is 0.250. The lowest BCUT2D eigenvalue weighted by molar-refractivity contribution is -0.144. The quantitative estimate of drug-likeness (QED) is 0.630. The summed E-state index contributed by atoms with van der Waals surface area (Å²) in [4.78, 5) is 19.3. The molecular formula is C12H10ClN5O2. The van der Waals surface area contributed by atoms with Gasteiger partial charge in [0.2, 0.25) is 5.28 Å². The summed E-state index contributed by atoms with van der Waals surface area (Å²) >= 11 is 5.73. The van der Waals surface area contributed by atoms with Crippen molar-refractivity contribution >= 4 is 17.6 Å². The van der Waals surface area contributed by atoms with E-state index in [1.807, 2.05) is 6.07 Å².